The number of nitrogens with zero attached hydrogens (tertiary/aromatic N) is 4. The van der Waals surface area contributed by atoms with Gasteiger partial charge in [0, 0.05) is 30.9 Å². The number of carbonyl (C=O) groups is 4. The number of rotatable bonds is 23. The van der Waals surface area contributed by atoms with Gasteiger partial charge in [0.2, 0.25) is 0 Å². The first-order chi connectivity index (χ1) is 25.0. The minimum absolute atomic E-state index is 0.0000823. The maximum Gasteiger partial charge on any atom is 0.349 e. The molecule has 0 fully saturated rings. The van der Waals surface area contributed by atoms with Crippen molar-refractivity contribution in [1.82, 2.24) is 0 Å². The summed E-state index contributed by atoms with van der Waals surface area (Å²) in [6, 6.07) is 18.4. The molecule has 2 aromatic rings. The highest BCUT2D eigenvalue weighted by Gasteiger charge is 2.15. The number of nitriles is 2. The number of hydrogen-bond acceptors (Lipinski definition) is 12. The van der Waals surface area contributed by atoms with Crippen molar-refractivity contribution in [3.63, 3.8) is 0 Å². The second-order valence-electron chi connectivity index (χ2n) is 12.2. The third-order valence-corrected chi connectivity index (χ3v) is 7.65. The normalized spacial score (nSPS) is 11.3. The first-order valence-corrected chi connectivity index (χ1v) is 17.5. The van der Waals surface area contributed by atoms with Gasteiger partial charge in [-0.2, -0.15) is 10.5 Å². The summed E-state index contributed by atoms with van der Waals surface area (Å²) in [6.07, 6.45) is 6.34. The van der Waals surface area contributed by atoms with Crippen LogP contribution in [0.1, 0.15) is 77.3 Å². The van der Waals surface area contributed by atoms with Crippen LogP contribution in [0.25, 0.3) is 12.2 Å². The quantitative estimate of drug-likeness (QED) is 0.0410. The van der Waals surface area contributed by atoms with Crippen molar-refractivity contribution in [2.24, 2.45) is 0 Å². The van der Waals surface area contributed by atoms with Gasteiger partial charge in [0.05, 0.1) is 26.2 Å². The molecule has 0 heterocycles. The fraction of sp³-hybridized carbons (Fsp3) is 0.450. The van der Waals surface area contributed by atoms with Gasteiger partial charge in [-0.1, -0.05) is 51.0 Å². The van der Waals surface area contributed by atoms with E-state index in [9.17, 15) is 29.7 Å². The summed E-state index contributed by atoms with van der Waals surface area (Å²) < 4.78 is 20.9. The second-order valence-corrected chi connectivity index (χ2v) is 12.2. The number of unbranched alkanes of at least 4 members (excludes halogenated alkanes) is 2. The molecule has 0 aliphatic rings. The van der Waals surface area contributed by atoms with E-state index in [1.165, 1.54) is 19.3 Å². The minimum atomic E-state index is -0.699. The van der Waals surface area contributed by atoms with E-state index in [0.29, 0.717) is 24.2 Å². The Bertz CT molecular complexity index is 1600. The Kier molecular flexibility index (Phi) is 19.6. The molecule has 0 saturated carbocycles. The van der Waals surface area contributed by atoms with Crippen LogP contribution in [0.3, 0.4) is 0 Å². The van der Waals surface area contributed by atoms with Gasteiger partial charge in [-0.05, 0) is 74.2 Å². The number of esters is 3. The molecule has 0 amide bonds. The lowest BCUT2D eigenvalue weighted by atomic mass is 10.1. The molecule has 52 heavy (non-hydrogen) atoms. The average Bonchev–Trinajstić information content (AvgIpc) is 3.14. The number of carbonyl (C=O) groups excluding carboxylic acids is 4. The monoisotopic (exact) mass is 714 g/mol. The molecule has 0 N–H and O–H groups in total. The van der Waals surface area contributed by atoms with Gasteiger partial charge in [0.15, 0.2) is 5.78 Å². The van der Waals surface area contributed by atoms with Crippen LogP contribution in [0.4, 0.5) is 11.4 Å². The summed E-state index contributed by atoms with van der Waals surface area (Å²) in [4.78, 5) is 53.0. The highest BCUT2D eigenvalue weighted by Crippen LogP contribution is 2.20. The van der Waals surface area contributed by atoms with Crippen molar-refractivity contribution in [1.29, 1.82) is 10.5 Å². The zero-order valence-corrected chi connectivity index (χ0v) is 30.9. The van der Waals surface area contributed by atoms with Crippen molar-refractivity contribution >= 4 is 47.2 Å². The summed E-state index contributed by atoms with van der Waals surface area (Å²) in [5.41, 5.74) is 2.93. The number of ether oxygens (including phenoxy) is 4. The van der Waals surface area contributed by atoms with E-state index in [1.807, 2.05) is 41.3 Å². The smallest absolute Gasteiger partial charge is 0.349 e. The van der Waals surface area contributed by atoms with Crippen LogP contribution < -0.4 is 9.80 Å². The summed E-state index contributed by atoms with van der Waals surface area (Å²) in [7, 11) is 1.22. The summed E-state index contributed by atoms with van der Waals surface area (Å²) >= 11 is 0. The lowest BCUT2D eigenvalue weighted by Crippen LogP contribution is -2.29. The van der Waals surface area contributed by atoms with Gasteiger partial charge in [-0.25, -0.2) is 9.59 Å². The Morgan fingerprint density at radius 3 is 1.77 bits per heavy atom. The van der Waals surface area contributed by atoms with Gasteiger partial charge in [-0.15, -0.1) is 0 Å². The lowest BCUT2D eigenvalue weighted by Gasteiger charge is -2.25. The van der Waals surface area contributed by atoms with Crippen molar-refractivity contribution < 1.29 is 38.1 Å². The summed E-state index contributed by atoms with van der Waals surface area (Å²) in [5.74, 6) is -2.05. The van der Waals surface area contributed by atoms with Crippen molar-refractivity contribution in [3.8, 4) is 12.1 Å². The molecule has 0 radical (unpaired) electrons. The van der Waals surface area contributed by atoms with Gasteiger partial charge < -0.3 is 28.7 Å². The zero-order valence-electron chi connectivity index (χ0n) is 30.9. The topological polar surface area (TPSA) is 159 Å². The van der Waals surface area contributed by atoms with E-state index in [1.54, 1.807) is 38.1 Å². The first-order valence-electron chi connectivity index (χ1n) is 17.5. The molecule has 0 spiro atoms. The maximum absolute atomic E-state index is 12.6. The van der Waals surface area contributed by atoms with Crippen LogP contribution in [-0.4, -0.2) is 76.5 Å². The molecule has 0 unspecified atom stereocenters. The molecule has 12 nitrogen and oxygen atoms in total. The third-order valence-electron chi connectivity index (χ3n) is 7.65. The first kappa shape index (κ1) is 42.7. The number of hydrogen-bond donors (Lipinski definition) is 0. The Morgan fingerprint density at radius 2 is 1.27 bits per heavy atom. The molecule has 0 aliphatic heterocycles. The van der Waals surface area contributed by atoms with E-state index >= 15 is 0 Å². The van der Waals surface area contributed by atoms with Crippen molar-refractivity contribution in [3.05, 3.63) is 70.8 Å². The van der Waals surface area contributed by atoms with E-state index < -0.39 is 17.9 Å². The van der Waals surface area contributed by atoms with E-state index in [-0.39, 0.29) is 55.8 Å². The highest BCUT2D eigenvalue weighted by molar-refractivity contribution is 5.98. The van der Waals surface area contributed by atoms with Gasteiger partial charge in [0.25, 0.3) is 0 Å². The molecule has 0 saturated heterocycles. The average molecular weight is 715 g/mol. The number of ketones is 1. The predicted octanol–water partition coefficient (Wildman–Crippen LogP) is 6.40. The molecule has 278 valence electrons. The number of Topliss-reactive ketones (excluding diaryl/α,β-unsaturated/α-hetero) is 1. The number of methoxy groups -OCH3 is 1. The molecule has 0 atom stereocenters. The molecule has 0 aromatic heterocycles. The van der Waals surface area contributed by atoms with Gasteiger partial charge in [-0.3, -0.25) is 9.59 Å². The summed E-state index contributed by atoms with van der Waals surface area (Å²) in [5, 5.41) is 18.6. The standard InChI is InChI=1S/C40H50N4O8/c1-6-8-20-43(35-14-10-31(11-15-35)24-33(26-41)39(47)49-5)22-23-51-38(46)19-18-37(45)28-50-29-44(21-9-7-2)36-16-12-32(13-17-36)25-34(27-42)40(48)52-30(3)4/h10-17,24-25,30H,6-9,18-23,28-29H2,1-5H3. The minimum Gasteiger partial charge on any atom is -0.465 e. The molecule has 0 bridgehead atoms. The molecular formula is C40H50N4O8. The Morgan fingerprint density at radius 1 is 0.750 bits per heavy atom. The molecular weight excluding hydrogens is 664 g/mol. The third kappa shape index (κ3) is 15.6. The fourth-order valence-corrected chi connectivity index (χ4v) is 4.82. The SMILES string of the molecule is CCCCN(CCOC(=O)CCC(=O)COCN(CCCC)c1ccc(C=C(C#N)C(=O)OC(C)C)cc1)c1ccc(C=C(C#N)C(=O)OC)cc1. The number of benzene rings is 2. The molecule has 2 aromatic carbocycles. The highest BCUT2D eigenvalue weighted by atomic mass is 16.5. The predicted molar refractivity (Wildman–Crippen MR) is 199 cm³/mol. The van der Waals surface area contributed by atoms with E-state index in [2.05, 4.69) is 23.5 Å². The van der Waals surface area contributed by atoms with Crippen LogP contribution in [0.15, 0.2) is 59.7 Å². The second kappa shape index (κ2) is 23.9. The van der Waals surface area contributed by atoms with Crippen LogP contribution in [-0.2, 0) is 38.1 Å². The Balaban J connectivity index is 1.86. The van der Waals surface area contributed by atoms with Crippen LogP contribution in [0, 0.1) is 22.7 Å². The lowest BCUT2D eigenvalue weighted by molar-refractivity contribution is -0.145. The molecule has 12 heteroatoms. The zero-order chi connectivity index (χ0) is 38.3. The van der Waals surface area contributed by atoms with Gasteiger partial charge in [0.1, 0.15) is 43.2 Å². The number of anilines is 2. The molecule has 0 aliphatic carbocycles. The Labute approximate surface area is 307 Å². The van der Waals surface area contributed by atoms with Gasteiger partial charge >= 0.3 is 17.9 Å². The molecule has 2 rings (SSSR count). The van der Waals surface area contributed by atoms with Crippen molar-refractivity contribution in [2.75, 3.05) is 56.5 Å². The fourth-order valence-electron chi connectivity index (χ4n) is 4.82. The Hall–Kier alpha value is -5.46. The van der Waals surface area contributed by atoms with Crippen LogP contribution in [0.2, 0.25) is 0 Å². The maximum atomic E-state index is 12.6. The largest absolute Gasteiger partial charge is 0.465 e. The van der Waals surface area contributed by atoms with Crippen LogP contribution >= 0.6 is 0 Å². The van der Waals surface area contributed by atoms with E-state index in [0.717, 1.165) is 43.6 Å². The van der Waals surface area contributed by atoms with Crippen LogP contribution in [0.5, 0.6) is 0 Å². The van der Waals surface area contributed by atoms with E-state index in [4.69, 9.17) is 14.2 Å². The van der Waals surface area contributed by atoms with Crippen molar-refractivity contribution in [2.45, 2.75) is 72.3 Å². The summed E-state index contributed by atoms with van der Waals surface area (Å²) in [6.45, 7) is 9.68.